The molecule has 0 saturated carbocycles. The van der Waals surface area contributed by atoms with Crippen LogP contribution in [0.5, 0.6) is 0 Å². The van der Waals surface area contributed by atoms with Crippen molar-refractivity contribution in [2.24, 2.45) is 0 Å². The second kappa shape index (κ2) is 8.14. The highest BCUT2D eigenvalue weighted by atomic mass is 35.5. The van der Waals surface area contributed by atoms with Crippen LogP contribution in [0.25, 0.3) is 16.5 Å². The van der Waals surface area contributed by atoms with E-state index in [-0.39, 0.29) is 23.5 Å². The van der Waals surface area contributed by atoms with Crippen LogP contribution in [0.2, 0.25) is 5.02 Å². The molecule has 1 unspecified atom stereocenters. The lowest BCUT2D eigenvalue weighted by atomic mass is 10.2. The van der Waals surface area contributed by atoms with E-state index in [1.807, 2.05) is 36.4 Å². The van der Waals surface area contributed by atoms with Gasteiger partial charge in [0.05, 0.1) is 17.5 Å². The van der Waals surface area contributed by atoms with Gasteiger partial charge >= 0.3 is 0 Å². The number of hydrazine groups is 1. The van der Waals surface area contributed by atoms with E-state index in [1.54, 1.807) is 36.5 Å². The molecule has 1 aliphatic rings. The van der Waals surface area contributed by atoms with Gasteiger partial charge in [-0.15, -0.1) is 11.3 Å². The number of hydrogen-bond acceptors (Lipinski definition) is 5. The van der Waals surface area contributed by atoms with E-state index in [4.69, 9.17) is 11.6 Å². The Morgan fingerprint density at radius 3 is 2.48 bits per heavy atom. The van der Waals surface area contributed by atoms with E-state index in [0.717, 1.165) is 15.3 Å². The lowest BCUT2D eigenvalue weighted by molar-refractivity contribution is -0.143. The lowest BCUT2D eigenvalue weighted by Crippen LogP contribution is -2.48. The van der Waals surface area contributed by atoms with Crippen LogP contribution in [0.15, 0.2) is 42.5 Å². The van der Waals surface area contributed by atoms with Gasteiger partial charge in [-0.25, -0.2) is 13.4 Å². The van der Waals surface area contributed by atoms with Gasteiger partial charge in [0.25, 0.3) is 5.91 Å². The first-order valence-electron chi connectivity index (χ1n) is 8.50. The third-order valence-electron chi connectivity index (χ3n) is 4.36. The Kier molecular flexibility index (Phi) is 6.05. The monoisotopic (exact) mass is 424 g/mol. The number of amides is 1. The number of hydrogen-bond donors (Lipinski definition) is 0. The van der Waals surface area contributed by atoms with Crippen molar-refractivity contribution in [2.45, 2.75) is 12.5 Å². The molecule has 0 N–H and O–H groups in total. The van der Waals surface area contributed by atoms with Crippen molar-refractivity contribution in [1.29, 1.82) is 0 Å². The molecule has 0 radical (unpaired) electrons. The molecule has 1 aromatic heterocycles. The third-order valence-corrected chi connectivity index (χ3v) is 7.46. The van der Waals surface area contributed by atoms with Gasteiger partial charge in [0.15, 0.2) is 9.84 Å². The average Bonchev–Trinajstić information content (AvgIpc) is 3.20. The lowest BCUT2D eigenvalue weighted by Gasteiger charge is -2.32. The Bertz CT molecular complexity index is 950. The predicted molar refractivity (Wildman–Crippen MR) is 111 cm³/mol. The van der Waals surface area contributed by atoms with Crippen molar-refractivity contribution in [3.05, 3.63) is 52.4 Å². The van der Waals surface area contributed by atoms with Crippen LogP contribution in [-0.4, -0.2) is 56.0 Å². The highest BCUT2D eigenvalue weighted by molar-refractivity contribution is 7.91. The molecule has 1 aliphatic heterocycles. The molecule has 0 aliphatic carbocycles. The molecule has 1 atom stereocenters. The standard InChI is InChI=1S/C19H21ClN2O3S2/c1-21(2)22(16-11-12-27(24,25)13-16)19(23)10-8-17-7-9-18(26-17)14-3-5-15(20)6-4-14/h3-10,16H,11-13H2,1-2H3/b10-8+. The van der Waals surface area contributed by atoms with Crippen LogP contribution in [0.1, 0.15) is 11.3 Å². The van der Waals surface area contributed by atoms with Crippen LogP contribution in [-0.2, 0) is 14.6 Å². The maximum Gasteiger partial charge on any atom is 0.261 e. The second-order valence-electron chi connectivity index (χ2n) is 6.63. The number of carbonyl (C=O) groups is 1. The summed E-state index contributed by atoms with van der Waals surface area (Å²) in [5.74, 6) is -0.0673. The van der Waals surface area contributed by atoms with Gasteiger partial charge in [0, 0.05) is 34.9 Å². The quantitative estimate of drug-likeness (QED) is 0.543. The number of benzene rings is 1. The number of sulfone groups is 1. The molecule has 0 spiro atoms. The minimum Gasteiger partial charge on any atom is -0.268 e. The van der Waals surface area contributed by atoms with Crippen molar-refractivity contribution in [3.63, 3.8) is 0 Å². The first-order chi connectivity index (χ1) is 12.7. The molecule has 1 saturated heterocycles. The molecule has 8 heteroatoms. The molecule has 0 bridgehead atoms. The number of thiophene rings is 1. The smallest absolute Gasteiger partial charge is 0.261 e. The van der Waals surface area contributed by atoms with Gasteiger partial charge in [-0.1, -0.05) is 23.7 Å². The van der Waals surface area contributed by atoms with E-state index in [2.05, 4.69) is 0 Å². The fraction of sp³-hybridized carbons (Fsp3) is 0.316. The van der Waals surface area contributed by atoms with E-state index in [1.165, 1.54) is 11.1 Å². The zero-order valence-corrected chi connectivity index (χ0v) is 17.5. The molecule has 1 amide bonds. The zero-order chi connectivity index (χ0) is 19.6. The Morgan fingerprint density at radius 1 is 1.19 bits per heavy atom. The van der Waals surface area contributed by atoms with Crippen LogP contribution in [0.4, 0.5) is 0 Å². The molecular formula is C19H21ClN2O3S2. The number of halogens is 1. The summed E-state index contributed by atoms with van der Waals surface area (Å²) in [4.78, 5) is 14.7. The SMILES string of the molecule is CN(C)N(C(=O)/C=C/c1ccc(-c2ccc(Cl)cc2)s1)C1CCS(=O)(=O)C1. The summed E-state index contributed by atoms with van der Waals surface area (Å²) >= 11 is 7.50. The predicted octanol–water partition coefficient (Wildman–Crippen LogP) is 3.57. The highest BCUT2D eigenvalue weighted by Gasteiger charge is 2.35. The van der Waals surface area contributed by atoms with E-state index in [9.17, 15) is 13.2 Å². The first kappa shape index (κ1) is 20.1. The summed E-state index contributed by atoms with van der Waals surface area (Å²) in [7, 11) is 0.444. The molecule has 5 nitrogen and oxygen atoms in total. The van der Waals surface area contributed by atoms with Gasteiger partial charge in [-0.05, 0) is 42.3 Å². The van der Waals surface area contributed by atoms with Crippen molar-refractivity contribution in [2.75, 3.05) is 25.6 Å². The minimum absolute atomic E-state index is 0.0183. The van der Waals surface area contributed by atoms with E-state index < -0.39 is 9.84 Å². The molecule has 1 fully saturated rings. The average molecular weight is 425 g/mol. The number of nitrogens with zero attached hydrogens (tertiary/aromatic N) is 2. The summed E-state index contributed by atoms with van der Waals surface area (Å²) in [6, 6.07) is 11.3. The molecule has 27 heavy (non-hydrogen) atoms. The summed E-state index contributed by atoms with van der Waals surface area (Å²) in [5.41, 5.74) is 1.07. The summed E-state index contributed by atoms with van der Waals surface area (Å²) in [6.07, 6.45) is 3.74. The molecule has 1 aromatic carbocycles. The Morgan fingerprint density at radius 2 is 1.89 bits per heavy atom. The minimum atomic E-state index is -3.06. The van der Waals surface area contributed by atoms with Gasteiger partial charge in [-0.3, -0.25) is 9.80 Å². The normalized spacial score (nSPS) is 19.0. The van der Waals surface area contributed by atoms with Crippen LogP contribution in [0.3, 0.4) is 0 Å². The summed E-state index contributed by atoms with van der Waals surface area (Å²) < 4.78 is 23.5. The summed E-state index contributed by atoms with van der Waals surface area (Å²) in [5, 5.41) is 3.87. The number of carbonyl (C=O) groups excluding carboxylic acids is 1. The third kappa shape index (κ3) is 4.99. The van der Waals surface area contributed by atoms with Gasteiger partial charge in [0.1, 0.15) is 0 Å². The molecule has 144 valence electrons. The van der Waals surface area contributed by atoms with Crippen LogP contribution >= 0.6 is 22.9 Å². The van der Waals surface area contributed by atoms with Crippen molar-refractivity contribution >= 4 is 44.8 Å². The first-order valence-corrected chi connectivity index (χ1v) is 11.5. The van der Waals surface area contributed by atoms with Crippen molar-refractivity contribution in [3.8, 4) is 10.4 Å². The maximum absolute atomic E-state index is 12.7. The molecule has 2 aromatic rings. The second-order valence-corrected chi connectivity index (χ2v) is 10.4. The van der Waals surface area contributed by atoms with Gasteiger partial charge in [-0.2, -0.15) is 0 Å². The highest BCUT2D eigenvalue weighted by Crippen LogP contribution is 2.29. The fourth-order valence-electron chi connectivity index (χ4n) is 3.11. The van der Waals surface area contributed by atoms with Crippen LogP contribution < -0.4 is 0 Å². The van der Waals surface area contributed by atoms with Crippen molar-refractivity contribution in [1.82, 2.24) is 10.0 Å². The van der Waals surface area contributed by atoms with Gasteiger partial charge < -0.3 is 0 Å². The largest absolute Gasteiger partial charge is 0.268 e. The topological polar surface area (TPSA) is 57.7 Å². The Labute approximate surface area is 168 Å². The van der Waals surface area contributed by atoms with Crippen LogP contribution in [0, 0.1) is 0 Å². The number of rotatable bonds is 5. The molecular weight excluding hydrogens is 404 g/mol. The van der Waals surface area contributed by atoms with E-state index >= 15 is 0 Å². The van der Waals surface area contributed by atoms with Crippen molar-refractivity contribution < 1.29 is 13.2 Å². The molecule has 3 rings (SSSR count). The maximum atomic E-state index is 12.7. The fourth-order valence-corrected chi connectivity index (χ4v) is 5.85. The Hall–Kier alpha value is -1.67. The van der Waals surface area contributed by atoms with Gasteiger partial charge in [0.2, 0.25) is 0 Å². The summed E-state index contributed by atoms with van der Waals surface area (Å²) in [6.45, 7) is 0. The zero-order valence-electron chi connectivity index (χ0n) is 15.1. The Balaban J connectivity index is 1.72. The molecule has 2 heterocycles. The van der Waals surface area contributed by atoms with E-state index in [0.29, 0.717) is 11.4 Å².